The Hall–Kier alpha value is -1.62. The predicted molar refractivity (Wildman–Crippen MR) is 71.3 cm³/mol. The standard InChI is InChI=1S/C13H21N3O2/c1-10(2)18-8-4-3-6-16-13(17)11-5-7-15-12(14)9-11/h5,7,9-10H,3-4,6,8H2,1-2H3,(H2,14,15)(H,16,17). The number of carbonyl (C=O) groups excluding carboxylic acids is 1. The lowest BCUT2D eigenvalue weighted by atomic mass is 10.2. The van der Waals surface area contributed by atoms with Crippen LogP contribution in [0.1, 0.15) is 37.0 Å². The maximum atomic E-state index is 11.7. The molecule has 3 N–H and O–H groups in total. The van der Waals surface area contributed by atoms with Crippen molar-refractivity contribution in [2.75, 3.05) is 18.9 Å². The van der Waals surface area contributed by atoms with E-state index in [0.717, 1.165) is 19.4 Å². The van der Waals surface area contributed by atoms with E-state index in [0.29, 0.717) is 17.9 Å². The van der Waals surface area contributed by atoms with Crippen LogP contribution in [-0.4, -0.2) is 30.1 Å². The van der Waals surface area contributed by atoms with Gasteiger partial charge < -0.3 is 15.8 Å². The van der Waals surface area contributed by atoms with Crippen LogP contribution in [0.4, 0.5) is 5.82 Å². The van der Waals surface area contributed by atoms with Gasteiger partial charge in [0.2, 0.25) is 0 Å². The summed E-state index contributed by atoms with van der Waals surface area (Å²) in [6, 6.07) is 3.21. The van der Waals surface area contributed by atoms with Crippen LogP contribution in [0.5, 0.6) is 0 Å². The van der Waals surface area contributed by atoms with Gasteiger partial charge in [-0.05, 0) is 38.8 Å². The minimum atomic E-state index is -0.117. The molecule has 1 aromatic rings. The number of hydrogen-bond acceptors (Lipinski definition) is 4. The number of rotatable bonds is 7. The second kappa shape index (κ2) is 7.66. The van der Waals surface area contributed by atoms with Crippen molar-refractivity contribution < 1.29 is 9.53 Å². The van der Waals surface area contributed by atoms with E-state index in [4.69, 9.17) is 10.5 Å². The summed E-state index contributed by atoms with van der Waals surface area (Å²) < 4.78 is 5.41. The highest BCUT2D eigenvalue weighted by Gasteiger charge is 2.04. The molecule has 0 bridgehead atoms. The quantitative estimate of drug-likeness (QED) is 0.722. The first-order valence-electron chi connectivity index (χ1n) is 6.21. The Bertz CT molecular complexity index is 380. The van der Waals surface area contributed by atoms with Crippen molar-refractivity contribution in [1.82, 2.24) is 10.3 Å². The van der Waals surface area contributed by atoms with E-state index in [2.05, 4.69) is 10.3 Å². The number of unbranched alkanes of at least 4 members (excludes halogenated alkanes) is 1. The number of anilines is 1. The lowest BCUT2D eigenvalue weighted by Gasteiger charge is -2.08. The Balaban J connectivity index is 2.18. The lowest BCUT2D eigenvalue weighted by Crippen LogP contribution is -2.24. The number of nitrogens with zero attached hydrogens (tertiary/aromatic N) is 1. The van der Waals surface area contributed by atoms with E-state index < -0.39 is 0 Å². The summed E-state index contributed by atoms with van der Waals surface area (Å²) >= 11 is 0. The normalized spacial score (nSPS) is 10.6. The SMILES string of the molecule is CC(C)OCCCCNC(=O)c1ccnc(N)c1. The largest absolute Gasteiger partial charge is 0.384 e. The van der Waals surface area contributed by atoms with Gasteiger partial charge in [0, 0.05) is 24.9 Å². The van der Waals surface area contributed by atoms with Crippen LogP contribution in [0, 0.1) is 0 Å². The fraction of sp³-hybridized carbons (Fsp3) is 0.538. The van der Waals surface area contributed by atoms with Crippen LogP contribution in [0.15, 0.2) is 18.3 Å². The number of carbonyl (C=O) groups is 1. The summed E-state index contributed by atoms with van der Waals surface area (Å²) in [6.07, 6.45) is 3.64. The van der Waals surface area contributed by atoms with Crippen molar-refractivity contribution in [3.8, 4) is 0 Å². The average Bonchev–Trinajstić information content (AvgIpc) is 2.33. The van der Waals surface area contributed by atoms with Crippen molar-refractivity contribution in [3.05, 3.63) is 23.9 Å². The van der Waals surface area contributed by atoms with Crippen molar-refractivity contribution in [3.63, 3.8) is 0 Å². The van der Waals surface area contributed by atoms with Crippen molar-refractivity contribution >= 4 is 11.7 Å². The number of nitrogens with one attached hydrogen (secondary N) is 1. The molecule has 0 aliphatic rings. The molecule has 1 heterocycles. The van der Waals surface area contributed by atoms with Gasteiger partial charge in [-0.2, -0.15) is 0 Å². The summed E-state index contributed by atoms with van der Waals surface area (Å²) in [6.45, 7) is 5.39. The molecule has 5 heteroatoms. The molecule has 0 spiro atoms. The minimum absolute atomic E-state index is 0.117. The number of ether oxygens (including phenoxy) is 1. The zero-order valence-corrected chi connectivity index (χ0v) is 11.0. The summed E-state index contributed by atoms with van der Waals surface area (Å²) in [4.78, 5) is 15.6. The van der Waals surface area contributed by atoms with Gasteiger partial charge in [-0.25, -0.2) is 4.98 Å². The van der Waals surface area contributed by atoms with Crippen molar-refractivity contribution in [2.24, 2.45) is 0 Å². The van der Waals surface area contributed by atoms with Crippen LogP contribution in [0.3, 0.4) is 0 Å². The van der Waals surface area contributed by atoms with E-state index >= 15 is 0 Å². The molecule has 0 fully saturated rings. The van der Waals surface area contributed by atoms with Gasteiger partial charge in [-0.15, -0.1) is 0 Å². The van der Waals surface area contributed by atoms with Gasteiger partial charge in [-0.3, -0.25) is 4.79 Å². The molecule has 0 aliphatic heterocycles. The molecule has 0 saturated carbocycles. The Morgan fingerprint density at radius 1 is 1.50 bits per heavy atom. The first-order valence-corrected chi connectivity index (χ1v) is 6.21. The fourth-order valence-electron chi connectivity index (χ4n) is 1.44. The molecule has 0 radical (unpaired) electrons. The van der Waals surface area contributed by atoms with Gasteiger partial charge in [-0.1, -0.05) is 0 Å². The highest BCUT2D eigenvalue weighted by Crippen LogP contribution is 2.02. The van der Waals surface area contributed by atoms with E-state index in [1.807, 2.05) is 13.8 Å². The fourth-order valence-corrected chi connectivity index (χ4v) is 1.44. The molecule has 1 rings (SSSR count). The molecule has 0 atom stereocenters. The third-order valence-corrected chi connectivity index (χ3v) is 2.35. The minimum Gasteiger partial charge on any atom is -0.384 e. The van der Waals surface area contributed by atoms with Crippen molar-refractivity contribution in [1.29, 1.82) is 0 Å². The predicted octanol–water partition coefficient (Wildman–Crippen LogP) is 1.60. The van der Waals surface area contributed by atoms with Gasteiger partial charge in [0.1, 0.15) is 5.82 Å². The molecule has 5 nitrogen and oxygen atoms in total. The number of hydrogen-bond donors (Lipinski definition) is 2. The van der Waals surface area contributed by atoms with Crippen LogP contribution in [-0.2, 0) is 4.74 Å². The molecular formula is C13H21N3O2. The number of aromatic nitrogens is 1. The Labute approximate surface area is 108 Å². The zero-order valence-electron chi connectivity index (χ0n) is 11.0. The smallest absolute Gasteiger partial charge is 0.251 e. The zero-order chi connectivity index (χ0) is 13.4. The molecule has 1 amide bonds. The van der Waals surface area contributed by atoms with Gasteiger partial charge in [0.25, 0.3) is 5.91 Å². The van der Waals surface area contributed by atoms with E-state index in [1.165, 1.54) is 6.20 Å². The van der Waals surface area contributed by atoms with Crippen LogP contribution in [0.2, 0.25) is 0 Å². The van der Waals surface area contributed by atoms with Gasteiger partial charge in [0.05, 0.1) is 6.10 Å². The summed E-state index contributed by atoms with van der Waals surface area (Å²) in [5, 5.41) is 2.84. The number of amides is 1. The summed E-state index contributed by atoms with van der Waals surface area (Å²) in [5.74, 6) is 0.238. The van der Waals surface area contributed by atoms with E-state index in [1.54, 1.807) is 12.1 Å². The second-order valence-corrected chi connectivity index (χ2v) is 4.35. The molecule has 0 saturated heterocycles. The first-order chi connectivity index (χ1) is 8.59. The molecule has 18 heavy (non-hydrogen) atoms. The number of pyridine rings is 1. The lowest BCUT2D eigenvalue weighted by molar-refractivity contribution is 0.0754. The van der Waals surface area contributed by atoms with Crippen LogP contribution in [0.25, 0.3) is 0 Å². The van der Waals surface area contributed by atoms with Crippen molar-refractivity contribution in [2.45, 2.75) is 32.8 Å². The molecule has 1 aromatic heterocycles. The Morgan fingerprint density at radius 3 is 2.94 bits per heavy atom. The highest BCUT2D eigenvalue weighted by atomic mass is 16.5. The second-order valence-electron chi connectivity index (χ2n) is 4.35. The Morgan fingerprint density at radius 2 is 2.28 bits per heavy atom. The third-order valence-electron chi connectivity index (χ3n) is 2.35. The van der Waals surface area contributed by atoms with E-state index in [9.17, 15) is 4.79 Å². The summed E-state index contributed by atoms with van der Waals surface area (Å²) in [5.41, 5.74) is 6.05. The number of nitrogens with two attached hydrogens (primary N) is 1. The monoisotopic (exact) mass is 251 g/mol. The molecule has 0 aromatic carbocycles. The Kier molecular flexibility index (Phi) is 6.14. The molecule has 100 valence electrons. The first kappa shape index (κ1) is 14.4. The van der Waals surface area contributed by atoms with Gasteiger partial charge in [0.15, 0.2) is 0 Å². The molecular weight excluding hydrogens is 230 g/mol. The van der Waals surface area contributed by atoms with Gasteiger partial charge >= 0.3 is 0 Å². The maximum absolute atomic E-state index is 11.7. The summed E-state index contributed by atoms with van der Waals surface area (Å²) in [7, 11) is 0. The highest BCUT2D eigenvalue weighted by molar-refractivity contribution is 5.94. The number of nitrogen functional groups attached to an aromatic ring is 1. The topological polar surface area (TPSA) is 77.2 Å². The van der Waals surface area contributed by atoms with Crippen LogP contribution >= 0.6 is 0 Å². The average molecular weight is 251 g/mol. The van der Waals surface area contributed by atoms with Crippen LogP contribution < -0.4 is 11.1 Å². The molecule has 0 unspecified atom stereocenters. The third kappa shape index (κ3) is 5.63. The van der Waals surface area contributed by atoms with E-state index in [-0.39, 0.29) is 12.0 Å². The maximum Gasteiger partial charge on any atom is 0.251 e. The molecule has 0 aliphatic carbocycles.